The molecule has 2 amide bonds. The molecule has 1 aromatic carbocycles. The lowest BCUT2D eigenvalue weighted by atomic mass is 10.1. The van der Waals surface area contributed by atoms with Gasteiger partial charge in [0.2, 0.25) is 0 Å². The second-order valence-electron chi connectivity index (χ2n) is 7.34. The molecule has 0 atom stereocenters. The highest BCUT2D eigenvalue weighted by Crippen LogP contribution is 2.23. The van der Waals surface area contributed by atoms with Crippen LogP contribution in [0.3, 0.4) is 0 Å². The number of amides is 2. The van der Waals surface area contributed by atoms with Crippen molar-refractivity contribution in [3.05, 3.63) is 29.6 Å². The van der Waals surface area contributed by atoms with E-state index in [-0.39, 0.29) is 17.9 Å². The van der Waals surface area contributed by atoms with Crippen molar-refractivity contribution in [3.8, 4) is 0 Å². The van der Waals surface area contributed by atoms with Crippen molar-refractivity contribution in [2.75, 3.05) is 13.1 Å². The van der Waals surface area contributed by atoms with Crippen molar-refractivity contribution in [1.82, 2.24) is 19.8 Å². The minimum atomic E-state index is -0.0358. The smallest absolute Gasteiger partial charge is 0.289 e. The normalized spacial score (nSPS) is 18.7. The Kier molecular flexibility index (Phi) is 4.66. The molecule has 26 heavy (non-hydrogen) atoms. The lowest BCUT2D eigenvalue weighted by Crippen LogP contribution is -2.40. The third kappa shape index (κ3) is 3.08. The van der Waals surface area contributed by atoms with Crippen LogP contribution in [0.4, 0.5) is 0 Å². The first kappa shape index (κ1) is 17.1. The van der Waals surface area contributed by atoms with Crippen LogP contribution >= 0.6 is 0 Å². The summed E-state index contributed by atoms with van der Waals surface area (Å²) < 4.78 is 1.97. The number of hydrogen-bond donors (Lipinski definition) is 1. The van der Waals surface area contributed by atoms with Gasteiger partial charge in [-0.15, -0.1) is 0 Å². The molecule has 2 aliphatic rings. The molecular formula is C20H26N4O2. The molecule has 6 nitrogen and oxygen atoms in total. The van der Waals surface area contributed by atoms with Gasteiger partial charge in [-0.25, -0.2) is 4.98 Å². The van der Waals surface area contributed by atoms with Gasteiger partial charge in [-0.05, 0) is 38.0 Å². The van der Waals surface area contributed by atoms with E-state index in [0.717, 1.165) is 30.4 Å². The molecule has 0 unspecified atom stereocenters. The number of likely N-dealkylation sites (N-methyl/N-ethyl adjacent to an activating group) is 1. The van der Waals surface area contributed by atoms with Crippen molar-refractivity contribution in [2.45, 2.75) is 58.0 Å². The number of rotatable bonds is 3. The first-order chi connectivity index (χ1) is 12.7. The maximum atomic E-state index is 12.7. The Morgan fingerprint density at radius 1 is 1.19 bits per heavy atom. The van der Waals surface area contributed by atoms with Crippen LogP contribution in [0.15, 0.2) is 18.2 Å². The van der Waals surface area contributed by atoms with Gasteiger partial charge < -0.3 is 14.8 Å². The topological polar surface area (TPSA) is 67.2 Å². The summed E-state index contributed by atoms with van der Waals surface area (Å²) >= 11 is 0. The average Bonchev–Trinajstić information content (AvgIpc) is 2.83. The fraction of sp³-hybridized carbons (Fsp3) is 0.550. The summed E-state index contributed by atoms with van der Waals surface area (Å²) in [5.74, 6) is 0.417. The summed E-state index contributed by atoms with van der Waals surface area (Å²) in [6.07, 6.45) is 7.03. The monoisotopic (exact) mass is 354 g/mol. The highest BCUT2D eigenvalue weighted by atomic mass is 16.2. The van der Waals surface area contributed by atoms with Crippen molar-refractivity contribution >= 4 is 22.8 Å². The summed E-state index contributed by atoms with van der Waals surface area (Å²) in [7, 11) is 0. The van der Waals surface area contributed by atoms with Gasteiger partial charge in [-0.2, -0.15) is 0 Å². The number of imidazole rings is 1. The molecule has 2 heterocycles. The molecule has 4 rings (SSSR count). The van der Waals surface area contributed by atoms with Crippen LogP contribution in [0.2, 0.25) is 0 Å². The van der Waals surface area contributed by atoms with Crippen LogP contribution < -0.4 is 5.32 Å². The van der Waals surface area contributed by atoms with Crippen LogP contribution in [0.5, 0.6) is 0 Å². The maximum Gasteiger partial charge on any atom is 0.289 e. The third-order valence-electron chi connectivity index (χ3n) is 5.65. The molecule has 1 N–H and O–H groups in total. The highest BCUT2D eigenvalue weighted by molar-refractivity contribution is 6.00. The summed E-state index contributed by atoms with van der Waals surface area (Å²) in [5, 5.41) is 3.18. The number of nitrogens with one attached hydrogen (secondary N) is 1. The Bertz CT molecular complexity index is 834. The zero-order valence-corrected chi connectivity index (χ0v) is 15.3. The van der Waals surface area contributed by atoms with Gasteiger partial charge in [-0.3, -0.25) is 9.59 Å². The largest absolute Gasteiger partial charge is 0.349 e. The van der Waals surface area contributed by atoms with Crippen molar-refractivity contribution < 1.29 is 9.59 Å². The summed E-state index contributed by atoms with van der Waals surface area (Å²) in [4.78, 5) is 31.5. The first-order valence-corrected chi connectivity index (χ1v) is 9.78. The van der Waals surface area contributed by atoms with E-state index < -0.39 is 0 Å². The number of carbonyl (C=O) groups excluding carboxylic acids is 2. The number of hydrogen-bond acceptors (Lipinski definition) is 3. The quantitative estimate of drug-likeness (QED) is 0.862. The van der Waals surface area contributed by atoms with E-state index in [2.05, 4.69) is 10.3 Å². The molecule has 1 aliphatic carbocycles. The lowest BCUT2D eigenvalue weighted by Gasteiger charge is -2.26. The van der Waals surface area contributed by atoms with Crippen LogP contribution in [-0.2, 0) is 6.54 Å². The highest BCUT2D eigenvalue weighted by Gasteiger charge is 2.27. The zero-order valence-electron chi connectivity index (χ0n) is 15.3. The molecule has 0 saturated heterocycles. The molecule has 6 heteroatoms. The fourth-order valence-corrected chi connectivity index (χ4v) is 4.12. The molecule has 0 spiro atoms. The molecule has 0 bridgehead atoms. The van der Waals surface area contributed by atoms with Gasteiger partial charge in [-0.1, -0.05) is 25.7 Å². The van der Waals surface area contributed by atoms with E-state index in [1.807, 2.05) is 29.7 Å². The Balaban J connectivity index is 1.58. The zero-order chi connectivity index (χ0) is 18.1. The summed E-state index contributed by atoms with van der Waals surface area (Å²) in [5.41, 5.74) is 2.27. The Hall–Kier alpha value is -2.37. The molecule has 0 radical (unpaired) electrons. The second-order valence-corrected chi connectivity index (χ2v) is 7.34. The number of carbonyl (C=O) groups is 2. The van der Waals surface area contributed by atoms with E-state index in [1.54, 1.807) is 4.90 Å². The Morgan fingerprint density at radius 2 is 1.96 bits per heavy atom. The molecular weight excluding hydrogens is 328 g/mol. The van der Waals surface area contributed by atoms with Gasteiger partial charge >= 0.3 is 0 Å². The van der Waals surface area contributed by atoms with Gasteiger partial charge in [0.1, 0.15) is 0 Å². The minimum absolute atomic E-state index is 0.0283. The van der Waals surface area contributed by atoms with Crippen molar-refractivity contribution in [2.24, 2.45) is 0 Å². The van der Waals surface area contributed by atoms with E-state index in [1.165, 1.54) is 25.7 Å². The second kappa shape index (κ2) is 7.09. The first-order valence-electron chi connectivity index (χ1n) is 9.78. The number of aromatic nitrogens is 2. The Labute approximate surface area is 153 Å². The minimum Gasteiger partial charge on any atom is -0.349 e. The SMILES string of the molecule is CCN1CCn2c(nc3cc(C(=O)NC4CCCCCC4)ccc32)C1=O. The van der Waals surface area contributed by atoms with Crippen molar-refractivity contribution in [3.63, 3.8) is 0 Å². The molecule has 1 aromatic heterocycles. The number of benzene rings is 1. The van der Waals surface area contributed by atoms with Gasteiger partial charge in [0.25, 0.3) is 11.8 Å². The van der Waals surface area contributed by atoms with Crippen LogP contribution in [0, 0.1) is 0 Å². The van der Waals surface area contributed by atoms with Crippen LogP contribution in [-0.4, -0.2) is 45.4 Å². The van der Waals surface area contributed by atoms with Gasteiger partial charge in [0.05, 0.1) is 11.0 Å². The fourth-order valence-electron chi connectivity index (χ4n) is 4.12. The summed E-state index contributed by atoms with van der Waals surface area (Å²) in [6.45, 7) is 4.12. The molecule has 2 aromatic rings. The molecule has 1 saturated carbocycles. The lowest BCUT2D eigenvalue weighted by molar-refractivity contribution is 0.0709. The predicted molar refractivity (Wildman–Crippen MR) is 100 cm³/mol. The summed E-state index contributed by atoms with van der Waals surface area (Å²) in [6, 6.07) is 5.86. The number of nitrogens with zero attached hydrogens (tertiary/aromatic N) is 3. The molecule has 138 valence electrons. The maximum absolute atomic E-state index is 12.7. The molecule has 1 aliphatic heterocycles. The van der Waals surface area contributed by atoms with E-state index >= 15 is 0 Å². The van der Waals surface area contributed by atoms with Crippen molar-refractivity contribution in [1.29, 1.82) is 0 Å². The van der Waals surface area contributed by atoms with Crippen LogP contribution in [0.25, 0.3) is 11.0 Å². The predicted octanol–water partition coefficient (Wildman–Crippen LogP) is 2.96. The standard InChI is InChI=1S/C20H26N4O2/c1-2-23-11-12-24-17-10-9-14(13-16(17)22-18(24)20(23)26)19(25)21-15-7-5-3-4-6-8-15/h9-10,13,15H,2-8,11-12H2,1H3,(H,21,25). The van der Waals surface area contributed by atoms with E-state index in [9.17, 15) is 9.59 Å². The third-order valence-corrected chi connectivity index (χ3v) is 5.65. The number of fused-ring (bicyclic) bond motifs is 3. The van der Waals surface area contributed by atoms with Crippen LogP contribution in [0.1, 0.15) is 66.4 Å². The molecule has 1 fully saturated rings. The van der Waals surface area contributed by atoms with Gasteiger partial charge in [0.15, 0.2) is 5.82 Å². The van der Waals surface area contributed by atoms with Gasteiger partial charge in [0, 0.05) is 31.2 Å². The van der Waals surface area contributed by atoms with E-state index in [4.69, 9.17) is 0 Å². The van der Waals surface area contributed by atoms with E-state index in [0.29, 0.717) is 24.5 Å². The average molecular weight is 354 g/mol. The Morgan fingerprint density at radius 3 is 2.69 bits per heavy atom.